The van der Waals surface area contributed by atoms with Gasteiger partial charge in [-0.1, -0.05) is 11.6 Å². The highest BCUT2D eigenvalue weighted by Gasteiger charge is 2.10. The summed E-state index contributed by atoms with van der Waals surface area (Å²) in [5.74, 6) is -0.507. The molecule has 0 spiro atoms. The summed E-state index contributed by atoms with van der Waals surface area (Å²) in [5, 5.41) is 10.9. The molecule has 0 amide bonds. The Morgan fingerprint density at radius 2 is 2.18 bits per heavy atom. The third kappa shape index (κ3) is 3.29. The highest BCUT2D eigenvalue weighted by molar-refractivity contribution is 6.32. The van der Waals surface area contributed by atoms with Crippen molar-refractivity contribution in [2.24, 2.45) is 0 Å². The van der Waals surface area contributed by atoms with E-state index in [1.807, 2.05) is 0 Å². The summed E-state index contributed by atoms with van der Waals surface area (Å²) in [7, 11) is 1.26. The van der Waals surface area contributed by atoms with Gasteiger partial charge < -0.3 is 4.74 Å². The van der Waals surface area contributed by atoms with Crippen molar-refractivity contribution in [3.63, 3.8) is 0 Å². The van der Waals surface area contributed by atoms with E-state index < -0.39 is 10.9 Å². The molecule has 5 nitrogen and oxygen atoms in total. The second-order valence-electron chi connectivity index (χ2n) is 3.28. The predicted molar refractivity (Wildman–Crippen MR) is 63.8 cm³/mol. The summed E-state index contributed by atoms with van der Waals surface area (Å²) in [6, 6.07) is 4.01. The molecule has 1 aromatic carbocycles. The molecule has 0 atom stereocenters. The van der Waals surface area contributed by atoms with E-state index in [1.54, 1.807) is 6.92 Å². The fourth-order valence-corrected chi connectivity index (χ4v) is 1.38. The van der Waals surface area contributed by atoms with E-state index in [2.05, 4.69) is 4.74 Å². The van der Waals surface area contributed by atoms with Crippen LogP contribution >= 0.6 is 11.6 Å². The second kappa shape index (κ2) is 5.45. The SMILES string of the molecule is COC(=O)C(C)=Cc1cc([N+](=O)[O-])ccc1Cl. The van der Waals surface area contributed by atoms with E-state index in [4.69, 9.17) is 11.6 Å². The van der Waals surface area contributed by atoms with Gasteiger partial charge >= 0.3 is 5.97 Å². The first-order valence-electron chi connectivity index (χ1n) is 4.66. The van der Waals surface area contributed by atoms with E-state index in [-0.39, 0.29) is 5.69 Å². The Bertz CT molecular complexity index is 496. The van der Waals surface area contributed by atoms with E-state index in [0.29, 0.717) is 16.2 Å². The van der Waals surface area contributed by atoms with Crippen molar-refractivity contribution in [2.75, 3.05) is 7.11 Å². The van der Waals surface area contributed by atoms with E-state index in [1.165, 1.54) is 31.4 Å². The van der Waals surface area contributed by atoms with Gasteiger partial charge in [0.05, 0.1) is 12.0 Å². The van der Waals surface area contributed by atoms with Gasteiger partial charge in [0, 0.05) is 28.3 Å². The zero-order chi connectivity index (χ0) is 13.0. The Hall–Kier alpha value is -1.88. The Balaban J connectivity index is 3.17. The van der Waals surface area contributed by atoms with Crippen LogP contribution in [0.4, 0.5) is 5.69 Å². The second-order valence-corrected chi connectivity index (χ2v) is 3.69. The molecule has 0 saturated carbocycles. The number of methoxy groups -OCH3 is 1. The molecule has 0 unspecified atom stereocenters. The van der Waals surface area contributed by atoms with Crippen LogP contribution in [-0.2, 0) is 9.53 Å². The van der Waals surface area contributed by atoms with Gasteiger partial charge in [-0.05, 0) is 19.1 Å². The molecule has 1 aromatic rings. The Labute approximate surface area is 103 Å². The minimum Gasteiger partial charge on any atom is -0.466 e. The fourth-order valence-electron chi connectivity index (χ4n) is 1.21. The van der Waals surface area contributed by atoms with Gasteiger partial charge in [-0.3, -0.25) is 10.1 Å². The molecule has 0 aromatic heterocycles. The number of hydrogen-bond donors (Lipinski definition) is 0. The van der Waals surface area contributed by atoms with Gasteiger partial charge in [0.25, 0.3) is 5.69 Å². The number of esters is 1. The largest absolute Gasteiger partial charge is 0.466 e. The Kier molecular flexibility index (Phi) is 4.23. The van der Waals surface area contributed by atoms with Crippen LogP contribution < -0.4 is 0 Å². The molecule has 0 aliphatic carbocycles. The maximum atomic E-state index is 11.2. The zero-order valence-corrected chi connectivity index (χ0v) is 10.0. The predicted octanol–water partition coefficient (Wildman–Crippen LogP) is 2.82. The number of nitrogens with zero attached hydrogens (tertiary/aromatic N) is 1. The number of benzene rings is 1. The fraction of sp³-hybridized carbons (Fsp3) is 0.182. The number of rotatable bonds is 3. The summed E-state index contributed by atoms with van der Waals surface area (Å²) < 4.78 is 4.52. The first-order chi connectivity index (χ1) is 7.95. The molecule has 0 radical (unpaired) electrons. The van der Waals surface area contributed by atoms with Gasteiger partial charge in [0.1, 0.15) is 0 Å². The lowest BCUT2D eigenvalue weighted by molar-refractivity contribution is -0.384. The van der Waals surface area contributed by atoms with Crippen LogP contribution in [0.3, 0.4) is 0 Å². The van der Waals surface area contributed by atoms with Crippen molar-refractivity contribution >= 4 is 29.3 Å². The van der Waals surface area contributed by atoms with Gasteiger partial charge in [-0.15, -0.1) is 0 Å². The van der Waals surface area contributed by atoms with E-state index in [0.717, 1.165) is 0 Å². The molecule has 0 aliphatic rings. The van der Waals surface area contributed by atoms with Crippen molar-refractivity contribution in [1.29, 1.82) is 0 Å². The number of non-ortho nitro benzene ring substituents is 1. The molecule has 6 heteroatoms. The third-order valence-electron chi connectivity index (χ3n) is 2.07. The monoisotopic (exact) mass is 255 g/mol. The first kappa shape index (κ1) is 13.2. The van der Waals surface area contributed by atoms with Gasteiger partial charge in [0.15, 0.2) is 0 Å². The van der Waals surface area contributed by atoms with Crippen molar-refractivity contribution < 1.29 is 14.5 Å². The van der Waals surface area contributed by atoms with Gasteiger partial charge in [0.2, 0.25) is 0 Å². The van der Waals surface area contributed by atoms with Crippen LogP contribution in [0, 0.1) is 10.1 Å². The summed E-state index contributed by atoms with van der Waals surface area (Å²) in [6.07, 6.45) is 1.45. The first-order valence-corrected chi connectivity index (χ1v) is 5.04. The maximum absolute atomic E-state index is 11.2. The molecule has 1 rings (SSSR count). The molecule has 0 bridgehead atoms. The quantitative estimate of drug-likeness (QED) is 0.360. The number of nitro groups is 1. The molecular weight excluding hydrogens is 246 g/mol. The lowest BCUT2D eigenvalue weighted by Crippen LogP contribution is -2.01. The lowest BCUT2D eigenvalue weighted by Gasteiger charge is -2.01. The van der Waals surface area contributed by atoms with E-state index in [9.17, 15) is 14.9 Å². The van der Waals surface area contributed by atoms with Crippen LogP contribution in [0.5, 0.6) is 0 Å². The molecule has 0 saturated heterocycles. The highest BCUT2D eigenvalue weighted by atomic mass is 35.5. The number of ether oxygens (including phenoxy) is 1. The van der Waals surface area contributed by atoms with Gasteiger partial charge in [-0.25, -0.2) is 4.79 Å². The highest BCUT2D eigenvalue weighted by Crippen LogP contribution is 2.24. The van der Waals surface area contributed by atoms with Crippen molar-refractivity contribution in [1.82, 2.24) is 0 Å². The van der Waals surface area contributed by atoms with Crippen molar-refractivity contribution in [3.8, 4) is 0 Å². The number of halogens is 1. The van der Waals surface area contributed by atoms with Crippen LogP contribution in [-0.4, -0.2) is 18.0 Å². The van der Waals surface area contributed by atoms with Crippen LogP contribution in [0.2, 0.25) is 5.02 Å². The summed E-state index contributed by atoms with van der Waals surface area (Å²) in [6.45, 7) is 1.54. The molecule has 17 heavy (non-hydrogen) atoms. The number of hydrogen-bond acceptors (Lipinski definition) is 4. The zero-order valence-electron chi connectivity index (χ0n) is 9.27. The third-order valence-corrected chi connectivity index (χ3v) is 2.41. The topological polar surface area (TPSA) is 69.4 Å². The summed E-state index contributed by atoms with van der Waals surface area (Å²) in [5.41, 5.74) is 0.636. The van der Waals surface area contributed by atoms with Gasteiger partial charge in [-0.2, -0.15) is 0 Å². The van der Waals surface area contributed by atoms with Crippen LogP contribution in [0.1, 0.15) is 12.5 Å². The maximum Gasteiger partial charge on any atom is 0.333 e. The van der Waals surface area contributed by atoms with Crippen molar-refractivity contribution in [3.05, 3.63) is 44.5 Å². The smallest absolute Gasteiger partial charge is 0.333 e. The van der Waals surface area contributed by atoms with Crippen LogP contribution in [0.25, 0.3) is 6.08 Å². The van der Waals surface area contributed by atoms with Crippen molar-refractivity contribution in [2.45, 2.75) is 6.92 Å². The minimum absolute atomic E-state index is 0.0849. The van der Waals surface area contributed by atoms with E-state index >= 15 is 0 Å². The minimum atomic E-state index is -0.527. The molecule has 0 fully saturated rings. The van der Waals surface area contributed by atoms with Crippen LogP contribution in [0.15, 0.2) is 23.8 Å². The average molecular weight is 256 g/mol. The lowest BCUT2D eigenvalue weighted by atomic mass is 10.1. The number of nitro benzene ring substituents is 1. The average Bonchev–Trinajstić information content (AvgIpc) is 2.30. The molecule has 0 aliphatic heterocycles. The number of carbonyl (C=O) groups is 1. The normalized spacial score (nSPS) is 11.1. The molecular formula is C11H10ClNO4. The molecule has 90 valence electrons. The summed E-state index contributed by atoms with van der Waals surface area (Å²) >= 11 is 5.87. The Morgan fingerprint density at radius 1 is 1.53 bits per heavy atom. The Morgan fingerprint density at radius 3 is 2.71 bits per heavy atom. The number of carbonyl (C=O) groups excluding carboxylic acids is 1. The standard InChI is InChI=1S/C11H10ClNO4/c1-7(11(14)17-2)5-8-6-9(13(15)16)3-4-10(8)12/h3-6H,1-2H3. The summed E-state index contributed by atoms with van der Waals surface area (Å²) in [4.78, 5) is 21.2. The molecule has 0 heterocycles. The molecule has 0 N–H and O–H groups in total.